The topological polar surface area (TPSA) is 6.48 Å². The number of benzene rings is 10. The number of para-hydroxylation sites is 1. The van der Waals surface area contributed by atoms with E-state index in [1.54, 1.807) is 0 Å². The molecule has 0 fully saturated rings. The molecule has 2 nitrogen and oxygen atoms in total. The van der Waals surface area contributed by atoms with Crippen molar-refractivity contribution in [2.75, 3.05) is 16.3 Å². The highest BCUT2D eigenvalue weighted by molar-refractivity contribution is 5.92. The maximum absolute atomic E-state index is 4.51. The Kier molecular flexibility index (Phi) is 11.1. The van der Waals surface area contributed by atoms with Gasteiger partial charge in [0.15, 0.2) is 0 Å². The van der Waals surface area contributed by atoms with Crippen LogP contribution in [0.1, 0.15) is 27.8 Å². The maximum Gasteiger partial charge on any atom is 0.0713 e. The zero-order chi connectivity index (χ0) is 46.9. The van der Waals surface area contributed by atoms with Crippen LogP contribution in [-0.4, -0.2) is 6.54 Å². The molecular formula is C68H50N2. The Balaban J connectivity index is 0.932. The average molecular weight is 895 g/mol. The Hall–Kier alpha value is -8.98. The fraction of sp³-hybridized carbons (Fsp3) is 0.0294. The molecule has 1 aliphatic heterocycles. The first-order valence-electron chi connectivity index (χ1n) is 24.1. The van der Waals surface area contributed by atoms with Crippen LogP contribution in [0.25, 0.3) is 50.1 Å². The summed E-state index contributed by atoms with van der Waals surface area (Å²) in [6.07, 6.45) is 8.52. The number of hydrogen-bond donors (Lipinski definition) is 0. The van der Waals surface area contributed by atoms with Crippen molar-refractivity contribution in [2.24, 2.45) is 0 Å². The van der Waals surface area contributed by atoms with Gasteiger partial charge in [-0.2, -0.15) is 0 Å². The Labute approximate surface area is 411 Å². The molecule has 70 heavy (non-hydrogen) atoms. The summed E-state index contributed by atoms with van der Waals surface area (Å²) in [7, 11) is 0. The van der Waals surface area contributed by atoms with Gasteiger partial charge in [-0.3, -0.25) is 0 Å². The van der Waals surface area contributed by atoms with Crippen LogP contribution >= 0.6 is 0 Å². The highest BCUT2D eigenvalue weighted by Gasteiger charge is 2.46. The predicted molar refractivity (Wildman–Crippen MR) is 295 cm³/mol. The average Bonchev–Trinajstić information content (AvgIpc) is 3.76. The van der Waals surface area contributed by atoms with Gasteiger partial charge in [-0.1, -0.05) is 225 Å². The van der Waals surface area contributed by atoms with E-state index in [0.29, 0.717) is 0 Å². The minimum absolute atomic E-state index is 0.458. The normalized spacial score (nSPS) is 14.3. The summed E-state index contributed by atoms with van der Waals surface area (Å²) < 4.78 is 0. The van der Waals surface area contributed by atoms with E-state index >= 15 is 0 Å². The van der Waals surface area contributed by atoms with E-state index in [2.05, 4.69) is 295 Å². The predicted octanol–water partition coefficient (Wildman–Crippen LogP) is 17.8. The number of hydrogen-bond acceptors (Lipinski definition) is 2. The van der Waals surface area contributed by atoms with Crippen LogP contribution in [0.15, 0.2) is 286 Å². The molecule has 1 aliphatic carbocycles. The molecule has 10 aromatic carbocycles. The van der Waals surface area contributed by atoms with E-state index in [1.165, 1.54) is 44.5 Å². The zero-order valence-electron chi connectivity index (χ0n) is 38.9. The van der Waals surface area contributed by atoms with Gasteiger partial charge >= 0.3 is 0 Å². The molecule has 0 aromatic heterocycles. The van der Waals surface area contributed by atoms with Crippen LogP contribution in [0.2, 0.25) is 0 Å². The lowest BCUT2D eigenvalue weighted by molar-refractivity contribution is 0.768. The van der Waals surface area contributed by atoms with Crippen LogP contribution in [-0.2, 0) is 5.41 Å². The summed E-state index contributed by atoms with van der Waals surface area (Å²) in [6, 6.07) is 93.1. The second kappa shape index (κ2) is 18.3. The maximum atomic E-state index is 4.51. The van der Waals surface area contributed by atoms with Crippen LogP contribution in [0, 0.1) is 0 Å². The van der Waals surface area contributed by atoms with Crippen LogP contribution in [0.4, 0.5) is 28.4 Å². The molecule has 0 atom stereocenters. The summed E-state index contributed by atoms with van der Waals surface area (Å²) in [5, 5.41) is 0. The van der Waals surface area contributed by atoms with Gasteiger partial charge in [0.05, 0.1) is 5.41 Å². The van der Waals surface area contributed by atoms with Crippen molar-refractivity contribution in [1.29, 1.82) is 0 Å². The number of fused-ring (bicyclic) bond motifs is 4. The molecule has 12 rings (SSSR count). The molecule has 2 heteroatoms. The van der Waals surface area contributed by atoms with Gasteiger partial charge in [-0.15, -0.1) is 0 Å². The third-order valence-corrected chi connectivity index (χ3v) is 14.1. The van der Waals surface area contributed by atoms with Gasteiger partial charge in [0.2, 0.25) is 0 Å². The molecule has 0 radical (unpaired) electrons. The van der Waals surface area contributed by atoms with E-state index < -0.39 is 5.41 Å². The molecule has 0 N–H and O–H groups in total. The molecule has 1 heterocycles. The Bertz CT molecular complexity index is 3530. The standard InChI is InChI=1S/C68H50N2/c1-49-21-7-6-18-44-69(58-39-36-51(37-40-58)50-22-8-2-9-23-50)67-47-55(38-42-62(49)67)53-25-19-24-52(45-53)54-26-20-33-60(46-54)70(59-31-14-5-15-32-59)61-41-43-66-64(48-61)63-34-16-17-35-65(63)68(66,56-27-10-3-11-28-56)57-29-12-4-13-30-57/h2-43,45-48H,1,44H2/b18-6-,21-7-. The molecule has 0 amide bonds. The van der Waals surface area contributed by atoms with Crippen molar-refractivity contribution in [1.82, 2.24) is 0 Å². The van der Waals surface area contributed by atoms with E-state index in [-0.39, 0.29) is 0 Å². The molecule has 2 aliphatic rings. The SMILES string of the molecule is C=C1/C=C\C=C/CN(c2ccc(-c3ccccc3)cc2)c2cc(-c3cccc(-c4cccc(N(c5ccccc5)c5ccc6c(c5)-c5ccccc5C6(c5ccccc5)c5ccccc5)c4)c3)ccc21. The lowest BCUT2D eigenvalue weighted by Crippen LogP contribution is -2.28. The number of rotatable bonds is 9. The summed E-state index contributed by atoms with van der Waals surface area (Å²) in [4.78, 5) is 4.80. The lowest BCUT2D eigenvalue weighted by atomic mass is 9.68. The summed E-state index contributed by atoms with van der Waals surface area (Å²) in [5.74, 6) is 0. The molecule has 0 bridgehead atoms. The summed E-state index contributed by atoms with van der Waals surface area (Å²) >= 11 is 0. The Morgan fingerprint density at radius 2 is 0.900 bits per heavy atom. The molecule has 0 saturated heterocycles. The van der Waals surface area contributed by atoms with Gasteiger partial charge in [0.25, 0.3) is 0 Å². The van der Waals surface area contributed by atoms with Gasteiger partial charge in [0.1, 0.15) is 0 Å². The second-order valence-electron chi connectivity index (χ2n) is 18.1. The third-order valence-electron chi connectivity index (χ3n) is 14.1. The fourth-order valence-corrected chi connectivity index (χ4v) is 10.8. The largest absolute Gasteiger partial charge is 0.337 e. The van der Waals surface area contributed by atoms with Gasteiger partial charge in [-0.05, 0) is 133 Å². The smallest absolute Gasteiger partial charge is 0.0713 e. The van der Waals surface area contributed by atoms with Crippen LogP contribution in [0.5, 0.6) is 0 Å². The van der Waals surface area contributed by atoms with E-state index in [0.717, 1.165) is 68.4 Å². The Morgan fingerprint density at radius 3 is 1.61 bits per heavy atom. The van der Waals surface area contributed by atoms with Crippen molar-refractivity contribution in [3.8, 4) is 44.5 Å². The highest BCUT2D eigenvalue weighted by atomic mass is 15.1. The third kappa shape index (κ3) is 7.57. The van der Waals surface area contributed by atoms with E-state index in [9.17, 15) is 0 Å². The first-order chi connectivity index (χ1) is 34.6. The molecular weight excluding hydrogens is 845 g/mol. The number of allylic oxidation sites excluding steroid dienone is 4. The molecule has 0 spiro atoms. The first kappa shape index (κ1) is 42.4. The number of anilines is 5. The van der Waals surface area contributed by atoms with Gasteiger partial charge in [-0.25, -0.2) is 0 Å². The minimum atomic E-state index is -0.458. The van der Waals surface area contributed by atoms with Crippen molar-refractivity contribution in [2.45, 2.75) is 5.41 Å². The molecule has 0 saturated carbocycles. The quantitative estimate of drug-likeness (QED) is 0.142. The lowest BCUT2D eigenvalue weighted by Gasteiger charge is -2.34. The van der Waals surface area contributed by atoms with E-state index in [4.69, 9.17) is 0 Å². The zero-order valence-corrected chi connectivity index (χ0v) is 38.9. The van der Waals surface area contributed by atoms with Crippen molar-refractivity contribution in [3.05, 3.63) is 313 Å². The highest BCUT2D eigenvalue weighted by Crippen LogP contribution is 2.57. The fourth-order valence-electron chi connectivity index (χ4n) is 10.8. The summed E-state index contributed by atoms with van der Waals surface area (Å²) in [6.45, 7) is 5.23. The van der Waals surface area contributed by atoms with Gasteiger partial charge < -0.3 is 9.80 Å². The second-order valence-corrected chi connectivity index (χ2v) is 18.1. The van der Waals surface area contributed by atoms with Crippen LogP contribution in [0.3, 0.4) is 0 Å². The number of nitrogens with zero attached hydrogens (tertiary/aromatic N) is 2. The van der Waals surface area contributed by atoms with Crippen LogP contribution < -0.4 is 9.80 Å². The minimum Gasteiger partial charge on any atom is -0.337 e. The molecule has 0 unspecified atom stereocenters. The monoisotopic (exact) mass is 894 g/mol. The van der Waals surface area contributed by atoms with Gasteiger partial charge in [0, 0.05) is 40.5 Å². The van der Waals surface area contributed by atoms with Crippen molar-refractivity contribution in [3.63, 3.8) is 0 Å². The van der Waals surface area contributed by atoms with Crippen molar-refractivity contribution < 1.29 is 0 Å². The summed E-state index contributed by atoms with van der Waals surface area (Å²) in [5.41, 5.74) is 21.8. The first-order valence-corrected chi connectivity index (χ1v) is 24.1. The van der Waals surface area contributed by atoms with Crippen molar-refractivity contribution >= 4 is 34.0 Å². The Morgan fingerprint density at radius 1 is 0.371 bits per heavy atom. The molecule has 332 valence electrons. The molecule has 10 aromatic rings. The van der Waals surface area contributed by atoms with E-state index in [1.807, 2.05) is 0 Å².